The molecule has 0 radical (unpaired) electrons. The van der Waals surface area contributed by atoms with Gasteiger partial charge in [0.15, 0.2) is 5.78 Å². The molecular formula is C13H18FNO3. The minimum atomic E-state index is -1.19. The number of halogens is 1. The Bertz CT molecular complexity index is 432. The first-order valence-corrected chi connectivity index (χ1v) is 5.62. The summed E-state index contributed by atoms with van der Waals surface area (Å²) < 4.78 is 23.7. The fourth-order valence-corrected chi connectivity index (χ4v) is 1.71. The van der Waals surface area contributed by atoms with Crippen molar-refractivity contribution in [1.82, 2.24) is 5.32 Å². The van der Waals surface area contributed by atoms with Gasteiger partial charge in [-0.25, -0.2) is 4.39 Å². The highest BCUT2D eigenvalue weighted by Gasteiger charge is 2.19. The van der Waals surface area contributed by atoms with Crippen LogP contribution in [0.5, 0.6) is 11.5 Å². The topological polar surface area (TPSA) is 47.6 Å². The molecule has 0 aromatic heterocycles. The van der Waals surface area contributed by atoms with Crippen LogP contribution in [0.4, 0.5) is 4.39 Å². The standard InChI is InChI=1S/C13H18FNO3/c1-8(14)9-5-13(18-4)10(6-12(9)17-3)11(16)7-15-2/h5-6,8,15H,7H2,1-4H3. The molecule has 0 bridgehead atoms. The zero-order valence-corrected chi connectivity index (χ0v) is 11.0. The lowest BCUT2D eigenvalue weighted by Crippen LogP contribution is -2.19. The van der Waals surface area contributed by atoms with E-state index >= 15 is 0 Å². The average molecular weight is 255 g/mol. The number of alkyl halides is 1. The first-order valence-electron chi connectivity index (χ1n) is 5.62. The summed E-state index contributed by atoms with van der Waals surface area (Å²) in [5.74, 6) is 0.575. The normalized spacial score (nSPS) is 12.1. The van der Waals surface area contributed by atoms with Gasteiger partial charge < -0.3 is 14.8 Å². The summed E-state index contributed by atoms with van der Waals surface area (Å²) in [6.07, 6.45) is -1.19. The second kappa shape index (κ2) is 6.35. The number of Topliss-reactive ketones (excluding diaryl/α,β-unsaturated/α-hetero) is 1. The largest absolute Gasteiger partial charge is 0.496 e. The van der Waals surface area contributed by atoms with E-state index in [0.717, 1.165) is 0 Å². The fraction of sp³-hybridized carbons (Fsp3) is 0.462. The van der Waals surface area contributed by atoms with Crippen LogP contribution in [0.1, 0.15) is 29.0 Å². The van der Waals surface area contributed by atoms with Crippen molar-refractivity contribution in [3.05, 3.63) is 23.3 Å². The van der Waals surface area contributed by atoms with Crippen LogP contribution in [0.3, 0.4) is 0 Å². The molecule has 1 aromatic rings. The third-order valence-corrected chi connectivity index (χ3v) is 2.62. The van der Waals surface area contributed by atoms with E-state index in [1.807, 2.05) is 0 Å². The van der Waals surface area contributed by atoms with Gasteiger partial charge in [0.25, 0.3) is 0 Å². The Morgan fingerprint density at radius 3 is 2.39 bits per heavy atom. The minimum absolute atomic E-state index is 0.134. The SMILES string of the molecule is CNCC(=O)c1cc(OC)c(C(C)F)cc1OC. The summed E-state index contributed by atoms with van der Waals surface area (Å²) in [5, 5.41) is 2.77. The molecule has 0 heterocycles. The van der Waals surface area contributed by atoms with Crippen LogP contribution in [-0.4, -0.2) is 33.6 Å². The van der Waals surface area contributed by atoms with E-state index < -0.39 is 6.17 Å². The highest BCUT2D eigenvalue weighted by molar-refractivity contribution is 6.00. The molecule has 0 aliphatic heterocycles. The van der Waals surface area contributed by atoms with Gasteiger partial charge in [0.2, 0.25) is 0 Å². The number of carbonyl (C=O) groups is 1. The van der Waals surface area contributed by atoms with Gasteiger partial charge in [0.05, 0.1) is 26.3 Å². The number of likely N-dealkylation sites (N-methyl/N-ethyl adjacent to an activating group) is 1. The monoisotopic (exact) mass is 255 g/mol. The number of ether oxygens (including phenoxy) is 2. The molecule has 1 N–H and O–H groups in total. The number of hydrogen-bond donors (Lipinski definition) is 1. The molecule has 4 nitrogen and oxygen atoms in total. The third-order valence-electron chi connectivity index (χ3n) is 2.62. The third kappa shape index (κ3) is 2.98. The van der Waals surface area contributed by atoms with Crippen LogP contribution >= 0.6 is 0 Å². The Balaban J connectivity index is 3.30. The Kier molecular flexibility index (Phi) is 5.09. The number of hydrogen-bond acceptors (Lipinski definition) is 4. The lowest BCUT2D eigenvalue weighted by atomic mass is 10.0. The Hall–Kier alpha value is -1.62. The van der Waals surface area contributed by atoms with Gasteiger partial charge in [-0.2, -0.15) is 0 Å². The molecule has 100 valence electrons. The van der Waals surface area contributed by atoms with Crippen molar-refractivity contribution in [3.63, 3.8) is 0 Å². The fourth-order valence-electron chi connectivity index (χ4n) is 1.71. The van der Waals surface area contributed by atoms with Crippen molar-refractivity contribution in [2.75, 3.05) is 27.8 Å². The number of ketones is 1. The van der Waals surface area contributed by atoms with E-state index in [4.69, 9.17) is 9.47 Å². The second-order valence-corrected chi connectivity index (χ2v) is 3.86. The molecule has 1 unspecified atom stereocenters. The lowest BCUT2D eigenvalue weighted by Gasteiger charge is -2.15. The maximum Gasteiger partial charge on any atom is 0.180 e. The van der Waals surface area contributed by atoms with Crippen LogP contribution in [0.15, 0.2) is 12.1 Å². The van der Waals surface area contributed by atoms with Gasteiger partial charge in [-0.3, -0.25) is 4.79 Å². The first kappa shape index (κ1) is 14.4. The van der Waals surface area contributed by atoms with Gasteiger partial charge in [-0.1, -0.05) is 0 Å². The number of nitrogens with one attached hydrogen (secondary N) is 1. The van der Waals surface area contributed by atoms with Crippen LogP contribution in [0.2, 0.25) is 0 Å². The van der Waals surface area contributed by atoms with Crippen molar-refractivity contribution in [1.29, 1.82) is 0 Å². The van der Waals surface area contributed by atoms with Crippen LogP contribution in [0.25, 0.3) is 0 Å². The predicted octanol–water partition coefficient (Wildman–Crippen LogP) is 2.14. The summed E-state index contributed by atoms with van der Waals surface area (Å²) in [5.41, 5.74) is 0.753. The molecule has 1 atom stereocenters. The number of methoxy groups -OCH3 is 2. The summed E-state index contributed by atoms with van der Waals surface area (Å²) >= 11 is 0. The maximum atomic E-state index is 13.4. The summed E-state index contributed by atoms with van der Waals surface area (Å²) in [6, 6.07) is 3.02. The van der Waals surface area contributed by atoms with Crippen molar-refractivity contribution in [2.24, 2.45) is 0 Å². The van der Waals surface area contributed by atoms with E-state index in [-0.39, 0.29) is 12.3 Å². The molecule has 0 spiro atoms. The molecular weight excluding hydrogens is 237 g/mol. The Labute approximate surface area is 106 Å². The average Bonchev–Trinajstić information content (AvgIpc) is 2.37. The molecule has 1 aromatic carbocycles. The lowest BCUT2D eigenvalue weighted by molar-refractivity contribution is 0.0990. The van der Waals surface area contributed by atoms with E-state index in [0.29, 0.717) is 22.6 Å². The van der Waals surface area contributed by atoms with Gasteiger partial charge in [0.1, 0.15) is 17.7 Å². The molecule has 1 rings (SSSR count). The number of rotatable bonds is 6. The van der Waals surface area contributed by atoms with Crippen LogP contribution in [-0.2, 0) is 0 Å². The smallest absolute Gasteiger partial charge is 0.180 e. The summed E-state index contributed by atoms with van der Waals surface area (Å²) in [4.78, 5) is 11.9. The van der Waals surface area contributed by atoms with Crippen LogP contribution < -0.4 is 14.8 Å². The molecule has 0 fully saturated rings. The highest BCUT2D eigenvalue weighted by atomic mass is 19.1. The van der Waals surface area contributed by atoms with Gasteiger partial charge in [0, 0.05) is 5.56 Å². The van der Waals surface area contributed by atoms with E-state index in [9.17, 15) is 9.18 Å². The van der Waals surface area contributed by atoms with Crippen LogP contribution in [0, 0.1) is 0 Å². The highest BCUT2D eigenvalue weighted by Crippen LogP contribution is 2.34. The molecule has 0 amide bonds. The first-order chi connectivity index (χ1) is 8.54. The van der Waals surface area contributed by atoms with E-state index in [2.05, 4.69) is 5.32 Å². The minimum Gasteiger partial charge on any atom is -0.496 e. The summed E-state index contributed by atoms with van der Waals surface area (Å²) in [7, 11) is 4.57. The van der Waals surface area contributed by atoms with Crippen molar-refractivity contribution < 1.29 is 18.7 Å². The Morgan fingerprint density at radius 1 is 1.33 bits per heavy atom. The van der Waals surface area contributed by atoms with E-state index in [1.54, 1.807) is 7.05 Å². The second-order valence-electron chi connectivity index (χ2n) is 3.86. The summed E-state index contributed by atoms with van der Waals surface area (Å²) in [6.45, 7) is 1.59. The van der Waals surface area contributed by atoms with Gasteiger partial charge in [-0.05, 0) is 26.1 Å². The molecule has 0 aliphatic carbocycles. The maximum absolute atomic E-state index is 13.4. The zero-order chi connectivity index (χ0) is 13.7. The van der Waals surface area contributed by atoms with Gasteiger partial charge in [-0.15, -0.1) is 0 Å². The van der Waals surface area contributed by atoms with Crippen molar-refractivity contribution in [2.45, 2.75) is 13.1 Å². The zero-order valence-electron chi connectivity index (χ0n) is 11.0. The van der Waals surface area contributed by atoms with E-state index in [1.165, 1.54) is 33.3 Å². The molecule has 0 aliphatic rings. The number of carbonyl (C=O) groups excluding carboxylic acids is 1. The molecule has 0 saturated carbocycles. The quantitative estimate of drug-likeness (QED) is 0.791. The Morgan fingerprint density at radius 2 is 1.94 bits per heavy atom. The predicted molar refractivity (Wildman–Crippen MR) is 67.3 cm³/mol. The van der Waals surface area contributed by atoms with Crippen molar-refractivity contribution >= 4 is 5.78 Å². The number of benzene rings is 1. The molecule has 5 heteroatoms. The van der Waals surface area contributed by atoms with Gasteiger partial charge >= 0.3 is 0 Å². The molecule has 0 saturated heterocycles. The molecule has 18 heavy (non-hydrogen) atoms. The van der Waals surface area contributed by atoms with Crippen molar-refractivity contribution in [3.8, 4) is 11.5 Å².